The first-order valence-electron chi connectivity index (χ1n) is 12.7. The summed E-state index contributed by atoms with van der Waals surface area (Å²) in [4.78, 5) is 26.5. The van der Waals surface area contributed by atoms with Crippen molar-refractivity contribution in [1.29, 1.82) is 0 Å². The molecule has 1 unspecified atom stereocenters. The minimum atomic E-state index is -0.625. The Labute approximate surface area is 225 Å². The number of ether oxygens (including phenoxy) is 2. The van der Waals surface area contributed by atoms with Crippen molar-refractivity contribution in [2.24, 2.45) is 0 Å². The lowest BCUT2D eigenvalue weighted by Crippen LogP contribution is -2.61. The van der Waals surface area contributed by atoms with Gasteiger partial charge in [0, 0.05) is 22.5 Å². The molecule has 2 aliphatic rings. The van der Waals surface area contributed by atoms with Gasteiger partial charge in [-0.1, -0.05) is 36.7 Å². The van der Waals surface area contributed by atoms with E-state index in [0.717, 1.165) is 61.8 Å². The number of aromatic nitrogens is 1. The number of nitrogens with one attached hydrogen (secondary N) is 1. The van der Waals surface area contributed by atoms with Crippen molar-refractivity contribution in [2.45, 2.75) is 39.2 Å². The molecule has 2 aliphatic heterocycles. The van der Waals surface area contributed by atoms with Crippen LogP contribution in [0.2, 0.25) is 5.02 Å². The Balaban J connectivity index is 1.31. The van der Waals surface area contributed by atoms with Crippen LogP contribution in [-0.4, -0.2) is 66.5 Å². The number of nitrogens with zero attached hydrogens (tertiary/aromatic N) is 3. The highest BCUT2D eigenvalue weighted by Crippen LogP contribution is 2.33. The molecule has 0 radical (unpaired) electrons. The molecule has 0 saturated carbocycles. The summed E-state index contributed by atoms with van der Waals surface area (Å²) in [5.74, 6) is 1.01. The number of amides is 1. The lowest BCUT2D eigenvalue weighted by Gasteiger charge is -2.44. The molecule has 1 aromatic heterocycles. The minimum absolute atomic E-state index is 0.00868. The Bertz CT molecular complexity index is 1300. The van der Waals surface area contributed by atoms with Crippen molar-refractivity contribution in [2.75, 3.05) is 49.7 Å². The van der Waals surface area contributed by atoms with Gasteiger partial charge in [-0.25, -0.2) is 4.79 Å². The third-order valence-electron chi connectivity index (χ3n) is 7.43. The largest absolute Gasteiger partial charge is 0.512 e. The van der Waals surface area contributed by atoms with Gasteiger partial charge in [0.15, 0.2) is 5.82 Å². The lowest BCUT2D eigenvalue weighted by molar-refractivity contribution is -0.944. The molecule has 1 amide bonds. The number of anilines is 2. The van der Waals surface area contributed by atoms with E-state index in [0.29, 0.717) is 22.3 Å². The average Bonchev–Trinajstić information content (AvgIpc) is 3.49. The lowest BCUT2D eigenvalue weighted by atomic mass is 10.0. The van der Waals surface area contributed by atoms with Crippen molar-refractivity contribution in [3.8, 4) is 0 Å². The molecule has 0 bridgehead atoms. The first-order chi connectivity index (χ1) is 17.9. The number of benzene rings is 2. The van der Waals surface area contributed by atoms with Gasteiger partial charge in [-0.2, -0.15) is 4.37 Å². The van der Waals surface area contributed by atoms with Gasteiger partial charge in [0.1, 0.15) is 6.10 Å². The van der Waals surface area contributed by atoms with Crippen LogP contribution in [0.25, 0.3) is 10.1 Å². The molecule has 37 heavy (non-hydrogen) atoms. The number of quaternary nitrogens is 1. The maximum absolute atomic E-state index is 12.3. The van der Waals surface area contributed by atoms with Gasteiger partial charge in [-0.3, -0.25) is 9.28 Å². The number of fused-ring (bicyclic) bond motifs is 2. The molecule has 1 atom stereocenters. The van der Waals surface area contributed by atoms with E-state index in [9.17, 15) is 9.59 Å². The maximum atomic E-state index is 12.3. The van der Waals surface area contributed by atoms with Gasteiger partial charge in [0.25, 0.3) is 0 Å². The van der Waals surface area contributed by atoms with Crippen LogP contribution in [0.15, 0.2) is 36.4 Å². The Morgan fingerprint density at radius 1 is 1.27 bits per heavy atom. The topological polar surface area (TPSA) is 80.8 Å². The molecule has 10 heteroatoms. The van der Waals surface area contributed by atoms with Crippen molar-refractivity contribution in [3.63, 3.8) is 0 Å². The Morgan fingerprint density at radius 3 is 2.84 bits per heavy atom. The van der Waals surface area contributed by atoms with Gasteiger partial charge in [0.2, 0.25) is 12.6 Å². The summed E-state index contributed by atoms with van der Waals surface area (Å²) in [6.45, 7) is 8.01. The molecule has 0 aliphatic carbocycles. The molecule has 1 fully saturated rings. The quantitative estimate of drug-likeness (QED) is 0.309. The maximum Gasteiger partial charge on any atom is 0.512 e. The van der Waals surface area contributed by atoms with E-state index in [1.165, 1.54) is 21.6 Å². The fourth-order valence-corrected chi connectivity index (χ4v) is 5.99. The second-order valence-electron chi connectivity index (χ2n) is 9.94. The van der Waals surface area contributed by atoms with E-state index >= 15 is 0 Å². The zero-order chi connectivity index (χ0) is 26.0. The highest BCUT2D eigenvalue weighted by molar-refractivity contribution is 7.13. The number of carbonyl (C=O) groups is 2. The first kappa shape index (κ1) is 25.8. The summed E-state index contributed by atoms with van der Waals surface area (Å²) >= 11 is 8.11. The van der Waals surface area contributed by atoms with E-state index in [4.69, 9.17) is 25.4 Å². The minimum Gasteiger partial charge on any atom is -0.431 e. The molecule has 1 N–H and O–H groups in total. The fraction of sp³-hybridized carbons (Fsp3) is 0.444. The summed E-state index contributed by atoms with van der Waals surface area (Å²) in [5.41, 5.74) is 2.77. The molecular weight excluding hydrogens is 512 g/mol. The second-order valence-corrected chi connectivity index (χ2v) is 11.1. The van der Waals surface area contributed by atoms with Crippen molar-refractivity contribution >= 4 is 56.8 Å². The molecule has 196 valence electrons. The Hall–Kier alpha value is -2.88. The van der Waals surface area contributed by atoms with Gasteiger partial charge in [0.05, 0.1) is 43.8 Å². The Kier molecular flexibility index (Phi) is 7.55. The third kappa shape index (κ3) is 5.68. The van der Waals surface area contributed by atoms with Crippen LogP contribution in [0.4, 0.5) is 16.3 Å². The van der Waals surface area contributed by atoms with Crippen LogP contribution < -0.4 is 10.2 Å². The summed E-state index contributed by atoms with van der Waals surface area (Å²) in [5, 5.41) is 4.67. The normalized spacial score (nSPS) is 17.4. The predicted molar refractivity (Wildman–Crippen MR) is 146 cm³/mol. The number of halogens is 1. The van der Waals surface area contributed by atoms with E-state index in [1.54, 1.807) is 0 Å². The van der Waals surface area contributed by atoms with Crippen LogP contribution in [0.1, 0.15) is 31.4 Å². The molecule has 5 rings (SSSR count). The van der Waals surface area contributed by atoms with E-state index in [1.807, 2.05) is 38.1 Å². The smallest absolute Gasteiger partial charge is 0.431 e. The summed E-state index contributed by atoms with van der Waals surface area (Å²) in [6, 6.07) is 12.2. The van der Waals surface area contributed by atoms with Crippen molar-refractivity contribution < 1.29 is 23.5 Å². The molecule has 3 aromatic rings. The molecule has 8 nitrogen and oxygen atoms in total. The van der Waals surface area contributed by atoms with Gasteiger partial charge in [-0.15, -0.1) is 0 Å². The third-order valence-corrected chi connectivity index (χ3v) is 8.60. The number of hydrogen-bond acceptors (Lipinski definition) is 7. The number of piperazine rings is 1. The summed E-state index contributed by atoms with van der Waals surface area (Å²) in [6.07, 6.45) is 1.02. The summed E-state index contributed by atoms with van der Waals surface area (Å²) in [7, 11) is 0. The Morgan fingerprint density at radius 2 is 2.05 bits per heavy atom. The van der Waals surface area contributed by atoms with Gasteiger partial charge >= 0.3 is 6.16 Å². The van der Waals surface area contributed by atoms with E-state index in [2.05, 4.69) is 22.3 Å². The number of carbonyl (C=O) groups excluding carboxylic acids is 2. The highest BCUT2D eigenvalue weighted by Gasteiger charge is 2.36. The monoisotopic (exact) mass is 543 g/mol. The van der Waals surface area contributed by atoms with E-state index < -0.39 is 6.16 Å². The zero-order valence-electron chi connectivity index (χ0n) is 21.2. The van der Waals surface area contributed by atoms with Crippen molar-refractivity contribution in [3.05, 3.63) is 52.5 Å². The van der Waals surface area contributed by atoms with Gasteiger partial charge < -0.3 is 19.7 Å². The number of hydrogen-bond donors (Lipinski definition) is 1. The summed E-state index contributed by atoms with van der Waals surface area (Å²) < 4.78 is 17.5. The molecule has 1 saturated heterocycles. The number of rotatable bonds is 8. The van der Waals surface area contributed by atoms with Gasteiger partial charge in [-0.05, 0) is 54.2 Å². The van der Waals surface area contributed by atoms with E-state index in [-0.39, 0.29) is 18.7 Å². The molecule has 0 spiro atoms. The molecule has 2 aromatic carbocycles. The van der Waals surface area contributed by atoms with Crippen LogP contribution in [0.3, 0.4) is 0 Å². The first-order valence-corrected chi connectivity index (χ1v) is 13.9. The standard InChI is InChI=1S/C27H31ClN4O4S/c1-3-18(2)36-27(34)35-17-32(11-8-19-14-20-15-25(33)29-23(20)16-22(19)28)12-9-31(10-13-32)26-21-6-4-5-7-24(21)37-30-26/h4-7,14,16,18H,3,8-13,15,17H2,1-2H3/p+1. The molecule has 3 heterocycles. The van der Waals surface area contributed by atoms with Crippen LogP contribution in [0.5, 0.6) is 0 Å². The predicted octanol–water partition coefficient (Wildman–Crippen LogP) is 5.23. The van der Waals surface area contributed by atoms with Crippen LogP contribution in [0, 0.1) is 0 Å². The zero-order valence-corrected chi connectivity index (χ0v) is 22.7. The van der Waals surface area contributed by atoms with Crippen LogP contribution >= 0.6 is 23.1 Å². The second kappa shape index (κ2) is 10.8. The van der Waals surface area contributed by atoms with Crippen LogP contribution in [-0.2, 0) is 27.1 Å². The SMILES string of the molecule is CCC(C)OC(=O)OC[N+]1(CCc2cc3c(cc2Cl)NC(=O)C3)CCN(c2nsc3ccccc23)CC1. The molecular formula is C27H32ClN4O4S+. The fourth-order valence-electron chi connectivity index (χ4n) is 4.94. The average molecular weight is 544 g/mol. The van der Waals surface area contributed by atoms with Crippen molar-refractivity contribution in [1.82, 2.24) is 4.37 Å². The highest BCUT2D eigenvalue weighted by atomic mass is 35.5.